The second kappa shape index (κ2) is 5.31. The minimum atomic E-state index is 0.740. The van der Waals surface area contributed by atoms with Crippen molar-refractivity contribution in [2.75, 3.05) is 24.6 Å². The van der Waals surface area contributed by atoms with Crippen molar-refractivity contribution in [2.45, 2.75) is 0 Å². The van der Waals surface area contributed by atoms with Crippen LogP contribution in [0.3, 0.4) is 0 Å². The summed E-state index contributed by atoms with van der Waals surface area (Å²) in [5.74, 6) is 2.88. The fourth-order valence-electron chi connectivity index (χ4n) is 0.821. The van der Waals surface area contributed by atoms with Crippen molar-refractivity contribution in [2.24, 2.45) is 5.92 Å². The van der Waals surface area contributed by atoms with Crippen LogP contribution in [0.1, 0.15) is 0 Å². The van der Waals surface area contributed by atoms with E-state index in [0.29, 0.717) is 0 Å². The van der Waals surface area contributed by atoms with Gasteiger partial charge in [0.05, 0.1) is 0 Å². The van der Waals surface area contributed by atoms with Gasteiger partial charge >= 0.3 is 0 Å². The van der Waals surface area contributed by atoms with E-state index in [-0.39, 0.29) is 0 Å². The first-order valence-electron chi connectivity index (χ1n) is 3.56. The smallest absolute Gasteiger partial charge is 0.0392 e. The molecule has 1 nitrogen and oxygen atoms in total. The fraction of sp³-hybridized carbons (Fsp3) is 0.714. The number of nitrogens with one attached hydrogen (secondary N) is 1. The Morgan fingerprint density at radius 2 is 2.36 bits per heavy atom. The van der Waals surface area contributed by atoms with Gasteiger partial charge in [-0.1, -0.05) is 23.2 Å². The second-order valence-electron chi connectivity index (χ2n) is 2.60. The Morgan fingerprint density at radius 3 is 2.82 bits per heavy atom. The van der Waals surface area contributed by atoms with Gasteiger partial charge in [-0.05, 0) is 24.8 Å². The molecule has 0 amide bonds. The molecule has 0 spiro atoms. The minimum absolute atomic E-state index is 0.740. The first kappa shape index (κ1) is 9.72. The molecule has 1 N–H and O–H groups in total. The Kier molecular flexibility index (Phi) is 4.69. The third-order valence-corrected chi connectivity index (χ3v) is 3.58. The lowest BCUT2D eigenvalue weighted by atomic mass is 10.1. The normalized spacial score (nSPS) is 20.0. The van der Waals surface area contributed by atoms with E-state index in [1.807, 2.05) is 11.8 Å². The van der Waals surface area contributed by atoms with Gasteiger partial charge in [0.1, 0.15) is 0 Å². The molecule has 4 heteroatoms. The lowest BCUT2D eigenvalue weighted by Crippen LogP contribution is -2.43. The zero-order valence-electron chi connectivity index (χ0n) is 6.15. The van der Waals surface area contributed by atoms with Crippen LogP contribution in [0.15, 0.2) is 10.6 Å². The molecule has 1 fully saturated rings. The number of hydrogen-bond acceptors (Lipinski definition) is 2. The van der Waals surface area contributed by atoms with Gasteiger partial charge in [0, 0.05) is 16.3 Å². The average Bonchev–Trinajstić information content (AvgIpc) is 1.94. The Bertz CT molecular complexity index is 145. The molecule has 11 heavy (non-hydrogen) atoms. The fourth-order valence-corrected chi connectivity index (χ4v) is 2.19. The molecule has 1 aliphatic heterocycles. The zero-order valence-corrected chi connectivity index (χ0v) is 8.48. The van der Waals surface area contributed by atoms with Gasteiger partial charge in [0.25, 0.3) is 0 Å². The molecule has 0 aromatic rings. The van der Waals surface area contributed by atoms with Crippen molar-refractivity contribution in [1.29, 1.82) is 0 Å². The highest BCUT2D eigenvalue weighted by Crippen LogP contribution is 2.17. The van der Waals surface area contributed by atoms with Crippen molar-refractivity contribution >= 4 is 35.0 Å². The van der Waals surface area contributed by atoms with E-state index in [1.54, 1.807) is 0 Å². The Morgan fingerprint density at radius 1 is 1.64 bits per heavy atom. The second-order valence-corrected chi connectivity index (χ2v) is 4.33. The van der Waals surface area contributed by atoms with Crippen LogP contribution in [0.2, 0.25) is 0 Å². The molecule has 0 aromatic carbocycles. The molecule has 0 atom stereocenters. The third-order valence-electron chi connectivity index (χ3n) is 1.58. The first-order valence-corrected chi connectivity index (χ1v) is 5.53. The third kappa shape index (κ3) is 3.70. The Balaban J connectivity index is 1.95. The van der Waals surface area contributed by atoms with Crippen LogP contribution >= 0.6 is 35.0 Å². The molecule has 0 bridgehead atoms. The van der Waals surface area contributed by atoms with Crippen molar-refractivity contribution in [3.8, 4) is 0 Å². The van der Waals surface area contributed by atoms with Crippen LogP contribution in [-0.2, 0) is 0 Å². The largest absolute Gasteiger partial charge is 0.316 e. The number of halogens is 2. The maximum Gasteiger partial charge on any atom is 0.0392 e. The highest BCUT2D eigenvalue weighted by atomic mass is 35.5. The molecule has 0 aromatic heterocycles. The molecule has 64 valence electrons. The lowest BCUT2D eigenvalue weighted by Gasteiger charge is -2.26. The van der Waals surface area contributed by atoms with Crippen molar-refractivity contribution in [3.63, 3.8) is 0 Å². The zero-order chi connectivity index (χ0) is 8.10. The van der Waals surface area contributed by atoms with Crippen LogP contribution in [0.4, 0.5) is 0 Å². The number of hydrogen-bond donors (Lipinski definition) is 1. The van der Waals surface area contributed by atoms with E-state index < -0.39 is 0 Å². The molecule has 0 aliphatic carbocycles. The summed E-state index contributed by atoms with van der Waals surface area (Å²) in [7, 11) is 0. The molecular weight excluding hydrogens is 201 g/mol. The summed E-state index contributed by atoms with van der Waals surface area (Å²) < 4.78 is 0. The predicted molar refractivity (Wildman–Crippen MR) is 53.5 cm³/mol. The van der Waals surface area contributed by atoms with E-state index in [2.05, 4.69) is 5.32 Å². The maximum absolute atomic E-state index is 5.70. The summed E-state index contributed by atoms with van der Waals surface area (Å²) in [6.07, 6.45) is 0. The minimum Gasteiger partial charge on any atom is -0.316 e. The van der Waals surface area contributed by atoms with Gasteiger partial charge in [-0.15, -0.1) is 0 Å². The van der Waals surface area contributed by atoms with Crippen molar-refractivity contribution in [3.05, 3.63) is 10.6 Å². The lowest BCUT2D eigenvalue weighted by molar-refractivity contribution is 0.385. The van der Waals surface area contributed by atoms with Gasteiger partial charge < -0.3 is 5.32 Å². The number of rotatable bonds is 4. The molecule has 1 heterocycles. The van der Waals surface area contributed by atoms with Crippen LogP contribution in [0, 0.1) is 5.92 Å². The summed E-state index contributed by atoms with van der Waals surface area (Å²) in [5.41, 5.74) is 1.44. The van der Waals surface area contributed by atoms with Gasteiger partial charge in [-0.25, -0.2) is 0 Å². The molecule has 1 saturated heterocycles. The van der Waals surface area contributed by atoms with Crippen molar-refractivity contribution < 1.29 is 0 Å². The molecular formula is C7H11Cl2NS. The Labute approximate surface area is 81.5 Å². The van der Waals surface area contributed by atoms with Crippen LogP contribution in [0.25, 0.3) is 0 Å². The summed E-state index contributed by atoms with van der Waals surface area (Å²) in [5, 5.41) is 3.97. The van der Waals surface area contributed by atoms with E-state index >= 15 is 0 Å². The molecule has 0 unspecified atom stereocenters. The average molecular weight is 212 g/mol. The van der Waals surface area contributed by atoms with Gasteiger partial charge in [0.15, 0.2) is 0 Å². The van der Waals surface area contributed by atoms with E-state index in [4.69, 9.17) is 23.2 Å². The van der Waals surface area contributed by atoms with E-state index in [9.17, 15) is 0 Å². The van der Waals surface area contributed by atoms with E-state index in [1.165, 1.54) is 11.3 Å². The Hall–Kier alpha value is 0.630. The highest BCUT2D eigenvalue weighted by Gasteiger charge is 2.15. The quantitative estimate of drug-likeness (QED) is 0.767. The standard InChI is InChI=1S/C7H11Cl2NS/c8-1-7(9)5-11-4-6-2-10-3-6/h1,6,10H,2-5H2/b7-1+. The highest BCUT2D eigenvalue weighted by molar-refractivity contribution is 7.99. The van der Waals surface area contributed by atoms with Crippen LogP contribution < -0.4 is 5.32 Å². The summed E-state index contributed by atoms with van der Waals surface area (Å²) in [6, 6.07) is 0. The van der Waals surface area contributed by atoms with Crippen LogP contribution in [0.5, 0.6) is 0 Å². The molecule has 0 saturated carbocycles. The van der Waals surface area contributed by atoms with Gasteiger partial charge in [0.2, 0.25) is 0 Å². The monoisotopic (exact) mass is 211 g/mol. The number of thioether (sulfide) groups is 1. The predicted octanol–water partition coefficient (Wildman–Crippen LogP) is 2.26. The summed E-state index contributed by atoms with van der Waals surface area (Å²) in [4.78, 5) is 0. The van der Waals surface area contributed by atoms with Crippen molar-refractivity contribution in [1.82, 2.24) is 5.32 Å². The summed E-state index contributed by atoms with van der Waals surface area (Å²) >= 11 is 12.9. The molecule has 1 rings (SSSR count). The van der Waals surface area contributed by atoms with Gasteiger partial charge in [-0.2, -0.15) is 11.8 Å². The SMILES string of the molecule is Cl/C=C(/Cl)CSCC1CNC1. The van der Waals surface area contributed by atoms with E-state index in [0.717, 1.165) is 29.8 Å². The van der Waals surface area contributed by atoms with Crippen LogP contribution in [-0.4, -0.2) is 24.6 Å². The maximum atomic E-state index is 5.70. The molecule has 1 aliphatic rings. The van der Waals surface area contributed by atoms with Gasteiger partial charge in [-0.3, -0.25) is 0 Å². The summed E-state index contributed by atoms with van der Waals surface area (Å²) in [6.45, 7) is 2.32. The topological polar surface area (TPSA) is 12.0 Å². The first-order chi connectivity index (χ1) is 5.33. The molecule has 0 radical (unpaired) electrons.